The maximum absolute atomic E-state index is 11.6. The Labute approximate surface area is 97.7 Å². The summed E-state index contributed by atoms with van der Waals surface area (Å²) in [7, 11) is 0. The van der Waals surface area contributed by atoms with Gasteiger partial charge in [-0.25, -0.2) is 9.78 Å². The first-order valence-corrected chi connectivity index (χ1v) is 4.84. The zero-order valence-electron chi connectivity index (χ0n) is 9.76. The smallest absolute Gasteiger partial charge is 0.357 e. The SMILES string of the molecule is CC(C)(C)OC(=O)c1cc(N)c([N+](=O)[O-])cn1. The molecule has 0 aromatic carbocycles. The molecule has 0 saturated carbocycles. The summed E-state index contributed by atoms with van der Waals surface area (Å²) >= 11 is 0. The first-order chi connectivity index (χ1) is 7.70. The molecule has 0 bridgehead atoms. The molecular formula is C10H13N3O4. The molecule has 0 amide bonds. The number of esters is 1. The van der Waals surface area contributed by atoms with Crippen LogP contribution in [0, 0.1) is 10.1 Å². The predicted octanol–water partition coefficient (Wildman–Crippen LogP) is 1.53. The molecule has 1 heterocycles. The minimum Gasteiger partial charge on any atom is -0.455 e. The molecule has 7 nitrogen and oxygen atoms in total. The van der Waals surface area contributed by atoms with Gasteiger partial charge in [-0.3, -0.25) is 10.1 Å². The van der Waals surface area contributed by atoms with Crippen LogP contribution >= 0.6 is 0 Å². The third kappa shape index (κ3) is 3.40. The lowest BCUT2D eigenvalue weighted by molar-refractivity contribution is -0.384. The number of carbonyl (C=O) groups is 1. The van der Waals surface area contributed by atoms with Gasteiger partial charge in [0, 0.05) is 6.07 Å². The molecule has 1 aromatic rings. The summed E-state index contributed by atoms with van der Waals surface area (Å²) in [5, 5.41) is 10.5. The monoisotopic (exact) mass is 239 g/mol. The fourth-order valence-corrected chi connectivity index (χ4v) is 1.06. The van der Waals surface area contributed by atoms with Crippen LogP contribution in [0.25, 0.3) is 0 Å². The zero-order chi connectivity index (χ0) is 13.2. The van der Waals surface area contributed by atoms with E-state index in [4.69, 9.17) is 10.5 Å². The van der Waals surface area contributed by atoms with Crippen molar-refractivity contribution >= 4 is 17.3 Å². The Balaban J connectivity index is 2.98. The molecule has 0 radical (unpaired) electrons. The Morgan fingerprint density at radius 3 is 2.53 bits per heavy atom. The van der Waals surface area contributed by atoms with Crippen molar-refractivity contribution < 1.29 is 14.5 Å². The van der Waals surface area contributed by atoms with Gasteiger partial charge in [-0.05, 0) is 20.8 Å². The largest absolute Gasteiger partial charge is 0.455 e. The highest BCUT2D eigenvalue weighted by Crippen LogP contribution is 2.21. The number of aromatic nitrogens is 1. The lowest BCUT2D eigenvalue weighted by Crippen LogP contribution is -2.24. The zero-order valence-corrected chi connectivity index (χ0v) is 9.76. The summed E-state index contributed by atoms with van der Waals surface area (Å²) in [6.45, 7) is 5.12. The van der Waals surface area contributed by atoms with E-state index in [1.165, 1.54) is 0 Å². The molecule has 0 atom stereocenters. The highest BCUT2D eigenvalue weighted by molar-refractivity contribution is 5.89. The van der Waals surface area contributed by atoms with Gasteiger partial charge in [-0.1, -0.05) is 0 Å². The molecule has 1 aromatic heterocycles. The number of nitro groups is 1. The number of ether oxygens (including phenoxy) is 1. The number of rotatable bonds is 2. The highest BCUT2D eigenvalue weighted by atomic mass is 16.6. The third-order valence-corrected chi connectivity index (χ3v) is 1.72. The molecule has 0 saturated heterocycles. The summed E-state index contributed by atoms with van der Waals surface area (Å²) in [5.41, 5.74) is 4.27. The van der Waals surface area contributed by atoms with E-state index in [-0.39, 0.29) is 17.1 Å². The van der Waals surface area contributed by atoms with Gasteiger partial charge < -0.3 is 10.5 Å². The lowest BCUT2D eigenvalue weighted by atomic mass is 10.2. The number of anilines is 1. The first-order valence-electron chi connectivity index (χ1n) is 4.84. The van der Waals surface area contributed by atoms with E-state index < -0.39 is 16.5 Å². The topological polar surface area (TPSA) is 108 Å². The normalized spacial score (nSPS) is 11.0. The van der Waals surface area contributed by atoms with Crippen molar-refractivity contribution in [2.75, 3.05) is 5.73 Å². The van der Waals surface area contributed by atoms with Crippen LogP contribution in [-0.4, -0.2) is 21.5 Å². The molecule has 1 rings (SSSR count). The van der Waals surface area contributed by atoms with Gasteiger partial charge in [0.2, 0.25) is 0 Å². The van der Waals surface area contributed by atoms with Crippen molar-refractivity contribution in [3.63, 3.8) is 0 Å². The summed E-state index contributed by atoms with van der Waals surface area (Å²) in [6, 6.07) is 1.13. The van der Waals surface area contributed by atoms with Crippen LogP contribution in [0.5, 0.6) is 0 Å². The van der Waals surface area contributed by atoms with Crippen molar-refractivity contribution in [3.8, 4) is 0 Å². The third-order valence-electron chi connectivity index (χ3n) is 1.72. The molecule has 0 spiro atoms. The summed E-state index contributed by atoms with van der Waals surface area (Å²) in [6.07, 6.45) is 0.939. The van der Waals surface area contributed by atoms with Crippen molar-refractivity contribution in [2.45, 2.75) is 26.4 Å². The van der Waals surface area contributed by atoms with Crippen molar-refractivity contribution in [3.05, 3.63) is 28.1 Å². The van der Waals surface area contributed by atoms with Gasteiger partial charge in [-0.2, -0.15) is 0 Å². The van der Waals surface area contributed by atoms with E-state index in [2.05, 4.69) is 4.98 Å². The van der Waals surface area contributed by atoms with E-state index in [1.54, 1.807) is 20.8 Å². The lowest BCUT2D eigenvalue weighted by Gasteiger charge is -2.19. The highest BCUT2D eigenvalue weighted by Gasteiger charge is 2.21. The van der Waals surface area contributed by atoms with Crippen molar-refractivity contribution in [1.29, 1.82) is 0 Å². The van der Waals surface area contributed by atoms with Crippen LogP contribution in [-0.2, 0) is 4.74 Å². The van der Waals surface area contributed by atoms with Gasteiger partial charge in [0.25, 0.3) is 0 Å². The summed E-state index contributed by atoms with van der Waals surface area (Å²) in [5.74, 6) is -0.668. The number of hydrogen-bond acceptors (Lipinski definition) is 6. The predicted molar refractivity (Wildman–Crippen MR) is 60.5 cm³/mol. The minimum absolute atomic E-state index is 0.0528. The maximum Gasteiger partial charge on any atom is 0.357 e. The molecule has 7 heteroatoms. The molecule has 0 aliphatic heterocycles. The van der Waals surface area contributed by atoms with Crippen molar-refractivity contribution in [2.24, 2.45) is 0 Å². The fraction of sp³-hybridized carbons (Fsp3) is 0.400. The quantitative estimate of drug-likeness (QED) is 0.476. The van der Waals surface area contributed by atoms with E-state index in [0.29, 0.717) is 0 Å². The van der Waals surface area contributed by atoms with Gasteiger partial charge in [0.15, 0.2) is 5.69 Å². The Hall–Kier alpha value is -2.18. The number of pyridine rings is 1. The van der Waals surface area contributed by atoms with E-state index in [9.17, 15) is 14.9 Å². The number of nitrogens with two attached hydrogens (primary N) is 1. The minimum atomic E-state index is -0.668. The van der Waals surface area contributed by atoms with Gasteiger partial charge in [-0.15, -0.1) is 0 Å². The Morgan fingerprint density at radius 2 is 2.12 bits per heavy atom. The van der Waals surface area contributed by atoms with Crippen LogP contribution in [0.3, 0.4) is 0 Å². The summed E-state index contributed by atoms with van der Waals surface area (Å²) < 4.78 is 5.05. The number of hydrogen-bond donors (Lipinski definition) is 1. The molecule has 0 fully saturated rings. The standard InChI is InChI=1S/C10H13N3O4/c1-10(2,3)17-9(14)7-4-6(11)8(5-12-7)13(15)16/h4-5H,1-3H3,(H2,11,12). The average Bonchev–Trinajstić information content (AvgIpc) is 2.14. The Kier molecular flexibility index (Phi) is 3.31. The van der Waals surface area contributed by atoms with Crippen LogP contribution in [0.15, 0.2) is 12.3 Å². The summed E-state index contributed by atoms with van der Waals surface area (Å²) in [4.78, 5) is 25.1. The Bertz CT molecular complexity index is 465. The molecule has 0 aliphatic carbocycles. The van der Waals surface area contributed by atoms with Crippen LogP contribution in [0.4, 0.5) is 11.4 Å². The number of nitrogen functional groups attached to an aromatic ring is 1. The van der Waals surface area contributed by atoms with Crippen molar-refractivity contribution in [1.82, 2.24) is 4.98 Å². The van der Waals surface area contributed by atoms with Gasteiger partial charge >= 0.3 is 11.7 Å². The molecule has 92 valence electrons. The van der Waals surface area contributed by atoms with Crippen LogP contribution in [0.2, 0.25) is 0 Å². The second-order valence-electron chi connectivity index (χ2n) is 4.39. The second-order valence-corrected chi connectivity index (χ2v) is 4.39. The van der Waals surface area contributed by atoms with Gasteiger partial charge in [0.1, 0.15) is 17.5 Å². The second kappa shape index (κ2) is 4.36. The fourth-order valence-electron chi connectivity index (χ4n) is 1.06. The maximum atomic E-state index is 11.6. The average molecular weight is 239 g/mol. The van der Waals surface area contributed by atoms with E-state index >= 15 is 0 Å². The van der Waals surface area contributed by atoms with Crippen LogP contribution in [0.1, 0.15) is 31.3 Å². The first kappa shape index (κ1) is 12.9. The molecule has 0 aliphatic rings. The number of carbonyl (C=O) groups excluding carboxylic acids is 1. The number of nitrogens with zero attached hydrogens (tertiary/aromatic N) is 2. The molecular weight excluding hydrogens is 226 g/mol. The Morgan fingerprint density at radius 1 is 1.53 bits per heavy atom. The molecule has 17 heavy (non-hydrogen) atoms. The van der Waals surface area contributed by atoms with E-state index in [1.807, 2.05) is 0 Å². The van der Waals surface area contributed by atoms with Crippen LogP contribution < -0.4 is 5.73 Å². The van der Waals surface area contributed by atoms with Gasteiger partial charge in [0.05, 0.1) is 4.92 Å². The molecule has 2 N–H and O–H groups in total. The molecule has 0 unspecified atom stereocenters. The van der Waals surface area contributed by atoms with E-state index in [0.717, 1.165) is 12.3 Å².